The minimum absolute atomic E-state index is 0.729. The number of nitrogens with zero attached hydrogens (tertiary/aromatic N) is 4. The smallest absolute Gasteiger partial charge is 0.223 e. The van der Waals surface area contributed by atoms with Crippen LogP contribution >= 0.6 is 0 Å². The van der Waals surface area contributed by atoms with Crippen LogP contribution < -0.4 is 5.32 Å². The Balaban J connectivity index is 1.68. The first-order valence-electron chi connectivity index (χ1n) is 6.29. The molecule has 1 aromatic rings. The Morgan fingerprint density at radius 2 is 2.00 bits per heavy atom. The monoisotopic (exact) mass is 221 g/mol. The van der Waals surface area contributed by atoms with Gasteiger partial charge in [-0.2, -0.15) is 10.1 Å². The molecule has 0 amide bonds. The summed E-state index contributed by atoms with van der Waals surface area (Å²) in [4.78, 5) is 6.66. The van der Waals surface area contributed by atoms with Crippen molar-refractivity contribution in [3.63, 3.8) is 0 Å². The summed E-state index contributed by atoms with van der Waals surface area (Å²) in [5.41, 5.74) is 0. The quantitative estimate of drug-likeness (QED) is 0.732. The van der Waals surface area contributed by atoms with Crippen LogP contribution in [-0.2, 0) is 6.67 Å². The van der Waals surface area contributed by atoms with Crippen molar-refractivity contribution < 1.29 is 0 Å². The minimum Gasteiger partial charge on any atom is -0.342 e. The van der Waals surface area contributed by atoms with Gasteiger partial charge in [-0.15, -0.1) is 0 Å². The molecule has 5 heteroatoms. The van der Waals surface area contributed by atoms with Crippen LogP contribution in [0.25, 0.3) is 0 Å². The highest BCUT2D eigenvalue weighted by molar-refractivity contribution is 5.24. The van der Waals surface area contributed by atoms with E-state index in [4.69, 9.17) is 0 Å². The molecule has 0 bridgehead atoms. The molecule has 0 atom stereocenters. The maximum absolute atomic E-state index is 4.23. The van der Waals surface area contributed by atoms with Crippen LogP contribution in [0.3, 0.4) is 0 Å². The van der Waals surface area contributed by atoms with Crippen molar-refractivity contribution in [3.8, 4) is 0 Å². The van der Waals surface area contributed by atoms with E-state index < -0.39 is 0 Å². The van der Waals surface area contributed by atoms with E-state index in [2.05, 4.69) is 20.3 Å². The zero-order valence-electron chi connectivity index (χ0n) is 9.60. The highest BCUT2D eigenvalue weighted by atomic mass is 15.5. The van der Waals surface area contributed by atoms with Gasteiger partial charge in [0.15, 0.2) is 0 Å². The molecule has 3 rings (SSSR count). The summed E-state index contributed by atoms with van der Waals surface area (Å²) in [5, 5.41) is 7.55. The number of anilines is 1. The van der Waals surface area contributed by atoms with Gasteiger partial charge in [0, 0.05) is 6.04 Å². The molecular formula is C11H19N5. The summed E-state index contributed by atoms with van der Waals surface area (Å²) in [5.74, 6) is 0.907. The van der Waals surface area contributed by atoms with E-state index in [1.165, 1.54) is 38.5 Å². The Labute approximate surface area is 95.8 Å². The molecule has 1 aliphatic heterocycles. The van der Waals surface area contributed by atoms with Crippen LogP contribution in [0.2, 0.25) is 0 Å². The van der Waals surface area contributed by atoms with Gasteiger partial charge in [0.25, 0.3) is 0 Å². The van der Waals surface area contributed by atoms with E-state index >= 15 is 0 Å². The maximum atomic E-state index is 4.23. The number of hydrogen-bond acceptors (Lipinski definition) is 4. The van der Waals surface area contributed by atoms with E-state index in [0.29, 0.717) is 0 Å². The molecular weight excluding hydrogens is 202 g/mol. The molecule has 2 heterocycles. The van der Waals surface area contributed by atoms with Gasteiger partial charge in [-0.1, -0.05) is 25.7 Å². The molecule has 1 N–H and O–H groups in total. The third kappa shape index (κ3) is 1.91. The molecule has 1 aliphatic carbocycles. The van der Waals surface area contributed by atoms with Crippen molar-refractivity contribution in [1.82, 2.24) is 19.7 Å². The molecule has 1 aromatic heterocycles. The fraction of sp³-hybridized carbons (Fsp3) is 0.818. The largest absolute Gasteiger partial charge is 0.342 e. The highest BCUT2D eigenvalue weighted by Gasteiger charge is 2.24. The predicted molar refractivity (Wildman–Crippen MR) is 61.8 cm³/mol. The SMILES string of the molecule is c1nc2n(n1)CN(C1CCCCCC1)CN2. The summed E-state index contributed by atoms with van der Waals surface area (Å²) in [6.45, 7) is 1.82. The maximum Gasteiger partial charge on any atom is 0.223 e. The van der Waals surface area contributed by atoms with Gasteiger partial charge in [-0.3, -0.25) is 4.90 Å². The second-order valence-corrected chi connectivity index (χ2v) is 4.79. The van der Waals surface area contributed by atoms with Crippen molar-refractivity contribution in [2.45, 2.75) is 51.2 Å². The lowest BCUT2D eigenvalue weighted by Gasteiger charge is -2.34. The second-order valence-electron chi connectivity index (χ2n) is 4.79. The van der Waals surface area contributed by atoms with Gasteiger partial charge in [-0.05, 0) is 12.8 Å². The van der Waals surface area contributed by atoms with Crippen molar-refractivity contribution in [1.29, 1.82) is 0 Å². The second kappa shape index (κ2) is 4.41. The van der Waals surface area contributed by atoms with Gasteiger partial charge in [0.1, 0.15) is 6.33 Å². The Hall–Kier alpha value is -1.10. The van der Waals surface area contributed by atoms with E-state index in [9.17, 15) is 0 Å². The van der Waals surface area contributed by atoms with E-state index in [-0.39, 0.29) is 0 Å². The molecule has 88 valence electrons. The topological polar surface area (TPSA) is 46.0 Å². The van der Waals surface area contributed by atoms with Gasteiger partial charge in [0.2, 0.25) is 5.95 Å². The van der Waals surface area contributed by atoms with Crippen LogP contribution in [0.15, 0.2) is 6.33 Å². The molecule has 1 fully saturated rings. The zero-order valence-corrected chi connectivity index (χ0v) is 9.60. The first-order valence-corrected chi connectivity index (χ1v) is 6.29. The summed E-state index contributed by atoms with van der Waals surface area (Å²) in [6, 6.07) is 0.729. The molecule has 0 aromatic carbocycles. The number of fused-ring (bicyclic) bond motifs is 1. The third-order valence-electron chi connectivity index (χ3n) is 3.71. The molecule has 0 unspecified atom stereocenters. The van der Waals surface area contributed by atoms with Gasteiger partial charge in [-0.25, -0.2) is 4.68 Å². The lowest BCUT2D eigenvalue weighted by Crippen LogP contribution is -2.44. The molecule has 0 saturated heterocycles. The standard InChI is InChI=1S/C11H19N5/c1-2-4-6-10(5-3-1)15-8-13-11-12-7-14-16(11)9-15/h7,10H,1-6,8-9H2,(H,12,13,14). The molecule has 0 spiro atoms. The number of nitrogens with one attached hydrogen (secondary N) is 1. The number of aromatic nitrogens is 3. The van der Waals surface area contributed by atoms with Crippen molar-refractivity contribution in [2.24, 2.45) is 0 Å². The Morgan fingerprint density at radius 1 is 1.19 bits per heavy atom. The van der Waals surface area contributed by atoms with Crippen LogP contribution in [-0.4, -0.2) is 32.4 Å². The summed E-state index contributed by atoms with van der Waals surface area (Å²) < 4.78 is 1.95. The van der Waals surface area contributed by atoms with Gasteiger partial charge in [0.05, 0.1) is 13.3 Å². The Morgan fingerprint density at radius 3 is 2.81 bits per heavy atom. The summed E-state index contributed by atoms with van der Waals surface area (Å²) >= 11 is 0. The van der Waals surface area contributed by atoms with Crippen LogP contribution in [0.4, 0.5) is 5.95 Å². The van der Waals surface area contributed by atoms with Crippen LogP contribution in [0.1, 0.15) is 38.5 Å². The summed E-state index contributed by atoms with van der Waals surface area (Å²) in [6.07, 6.45) is 9.88. The fourth-order valence-electron chi connectivity index (χ4n) is 2.77. The molecule has 2 aliphatic rings. The number of rotatable bonds is 1. The average molecular weight is 221 g/mol. The van der Waals surface area contributed by atoms with Gasteiger partial charge >= 0.3 is 0 Å². The van der Waals surface area contributed by atoms with Crippen molar-refractivity contribution >= 4 is 5.95 Å². The summed E-state index contributed by atoms with van der Waals surface area (Å²) in [7, 11) is 0. The Bertz CT molecular complexity index is 340. The molecule has 1 saturated carbocycles. The first kappa shape index (κ1) is 10.1. The number of hydrogen-bond donors (Lipinski definition) is 1. The average Bonchev–Trinajstić information content (AvgIpc) is 2.61. The molecule has 5 nitrogen and oxygen atoms in total. The van der Waals surface area contributed by atoms with E-state index in [0.717, 1.165) is 25.3 Å². The third-order valence-corrected chi connectivity index (χ3v) is 3.71. The predicted octanol–water partition coefficient (Wildman–Crippen LogP) is 1.64. The Kier molecular flexibility index (Phi) is 2.78. The van der Waals surface area contributed by atoms with Crippen molar-refractivity contribution in [3.05, 3.63) is 6.33 Å². The van der Waals surface area contributed by atoms with Crippen molar-refractivity contribution in [2.75, 3.05) is 12.0 Å². The zero-order chi connectivity index (χ0) is 10.8. The lowest BCUT2D eigenvalue weighted by atomic mass is 10.1. The molecule has 16 heavy (non-hydrogen) atoms. The van der Waals surface area contributed by atoms with E-state index in [1.54, 1.807) is 6.33 Å². The van der Waals surface area contributed by atoms with Gasteiger partial charge < -0.3 is 5.32 Å². The fourth-order valence-corrected chi connectivity index (χ4v) is 2.77. The highest BCUT2D eigenvalue weighted by Crippen LogP contribution is 2.24. The normalized spacial score (nSPS) is 23.5. The first-order chi connectivity index (χ1) is 7.93. The minimum atomic E-state index is 0.729. The van der Waals surface area contributed by atoms with Crippen LogP contribution in [0.5, 0.6) is 0 Å². The lowest BCUT2D eigenvalue weighted by molar-refractivity contribution is 0.130. The van der Waals surface area contributed by atoms with E-state index in [1.807, 2.05) is 4.68 Å². The molecule has 0 radical (unpaired) electrons. The van der Waals surface area contributed by atoms with Crippen LogP contribution in [0, 0.1) is 0 Å².